The van der Waals surface area contributed by atoms with Gasteiger partial charge in [-0.2, -0.15) is 5.10 Å². The van der Waals surface area contributed by atoms with Crippen molar-refractivity contribution in [3.05, 3.63) is 18.0 Å². The van der Waals surface area contributed by atoms with E-state index in [2.05, 4.69) is 10.4 Å². The molecule has 0 saturated heterocycles. The molecule has 1 aromatic rings. The Hall–Kier alpha value is -1.40. The lowest BCUT2D eigenvalue weighted by Gasteiger charge is -2.31. The van der Waals surface area contributed by atoms with Crippen molar-refractivity contribution in [2.24, 2.45) is 18.2 Å². The number of hydrogen-bond donors (Lipinski definition) is 3. The fourth-order valence-corrected chi connectivity index (χ4v) is 1.86. The summed E-state index contributed by atoms with van der Waals surface area (Å²) in [5.41, 5.74) is 6.46. The topological polar surface area (TPSA) is 93.2 Å². The van der Waals surface area contributed by atoms with Crippen molar-refractivity contribution in [3.8, 4) is 0 Å². The number of carbonyl (C=O) groups excluding carboxylic acids is 1. The maximum Gasteiger partial charge on any atom is 0.241 e. The molecule has 0 fully saturated rings. The van der Waals surface area contributed by atoms with Gasteiger partial charge in [-0.05, 0) is 11.8 Å². The van der Waals surface area contributed by atoms with Crippen LogP contribution in [0.5, 0.6) is 0 Å². The van der Waals surface area contributed by atoms with Gasteiger partial charge in [-0.15, -0.1) is 0 Å². The third-order valence-corrected chi connectivity index (χ3v) is 3.15. The number of aliphatic hydroxyl groups excluding tert-OH is 1. The molecule has 0 aliphatic rings. The summed E-state index contributed by atoms with van der Waals surface area (Å²) in [6.07, 6.45) is 3.82. The zero-order valence-electron chi connectivity index (χ0n) is 12.1. The third-order valence-electron chi connectivity index (χ3n) is 3.15. The molecule has 0 radical (unpaired) electrons. The van der Waals surface area contributed by atoms with Crippen LogP contribution in [0, 0.1) is 5.41 Å². The summed E-state index contributed by atoms with van der Waals surface area (Å²) >= 11 is 0. The normalized spacial score (nSPS) is 15.1. The van der Waals surface area contributed by atoms with E-state index in [1.807, 2.05) is 20.8 Å². The summed E-state index contributed by atoms with van der Waals surface area (Å²) in [5, 5.41) is 16.0. The first-order valence-corrected chi connectivity index (χ1v) is 6.41. The van der Waals surface area contributed by atoms with E-state index in [-0.39, 0.29) is 24.0 Å². The minimum atomic E-state index is -0.739. The van der Waals surface area contributed by atoms with Crippen LogP contribution >= 0.6 is 0 Å². The van der Waals surface area contributed by atoms with Gasteiger partial charge in [0.05, 0.1) is 6.20 Å². The average molecular weight is 268 g/mol. The van der Waals surface area contributed by atoms with Gasteiger partial charge in [0.15, 0.2) is 0 Å². The molecule has 2 unspecified atom stereocenters. The lowest BCUT2D eigenvalue weighted by molar-refractivity contribution is -0.124. The van der Waals surface area contributed by atoms with E-state index >= 15 is 0 Å². The van der Waals surface area contributed by atoms with Crippen LogP contribution in [0.15, 0.2) is 12.4 Å². The Bertz CT molecular complexity index is 423. The van der Waals surface area contributed by atoms with Crippen molar-refractivity contribution in [1.82, 2.24) is 15.1 Å². The highest BCUT2D eigenvalue weighted by Gasteiger charge is 2.28. The molecule has 1 rings (SSSR count). The Morgan fingerprint density at radius 1 is 1.58 bits per heavy atom. The first-order valence-electron chi connectivity index (χ1n) is 6.41. The number of carbonyl (C=O) groups is 1. The molecule has 6 heteroatoms. The number of hydrogen-bond acceptors (Lipinski definition) is 4. The largest absolute Gasteiger partial charge is 0.396 e. The molecule has 1 aromatic heterocycles. The Morgan fingerprint density at radius 2 is 2.21 bits per heavy atom. The minimum absolute atomic E-state index is 0.0321. The molecule has 0 bridgehead atoms. The molecule has 0 spiro atoms. The van der Waals surface area contributed by atoms with Gasteiger partial charge in [0.2, 0.25) is 5.91 Å². The van der Waals surface area contributed by atoms with Gasteiger partial charge in [0, 0.05) is 31.5 Å². The Kier molecular flexibility index (Phi) is 5.08. The first kappa shape index (κ1) is 15.7. The average Bonchev–Trinajstić information content (AvgIpc) is 2.73. The molecule has 0 aliphatic heterocycles. The summed E-state index contributed by atoms with van der Waals surface area (Å²) in [5.74, 6) is -0.249. The molecule has 0 saturated carbocycles. The van der Waals surface area contributed by atoms with E-state index in [1.54, 1.807) is 24.1 Å². The molecule has 1 amide bonds. The Balaban J connectivity index is 2.71. The highest BCUT2D eigenvalue weighted by atomic mass is 16.3. The molecule has 4 N–H and O–H groups in total. The molecular formula is C13H24N4O2. The van der Waals surface area contributed by atoms with Gasteiger partial charge in [0.1, 0.15) is 6.04 Å². The highest BCUT2D eigenvalue weighted by Crippen LogP contribution is 2.22. The minimum Gasteiger partial charge on any atom is -0.396 e. The van der Waals surface area contributed by atoms with Crippen LogP contribution < -0.4 is 11.1 Å². The van der Waals surface area contributed by atoms with E-state index in [0.717, 1.165) is 0 Å². The zero-order chi connectivity index (χ0) is 14.6. The van der Waals surface area contributed by atoms with E-state index in [1.165, 1.54) is 0 Å². The standard InChI is InChI=1S/C13H24N4O2/c1-13(2,3)10(5-6-18)16-12(19)11(14)9-7-15-17(4)8-9/h7-8,10-11,18H,5-6,14H2,1-4H3,(H,16,19). The van der Waals surface area contributed by atoms with Crippen LogP contribution in [0.25, 0.3) is 0 Å². The molecule has 2 atom stereocenters. The van der Waals surface area contributed by atoms with Crippen molar-refractivity contribution >= 4 is 5.91 Å². The molecule has 1 heterocycles. The molecule has 6 nitrogen and oxygen atoms in total. The number of nitrogens with two attached hydrogens (primary N) is 1. The van der Waals surface area contributed by atoms with Crippen LogP contribution in [0.4, 0.5) is 0 Å². The molecule has 0 aromatic carbocycles. The van der Waals surface area contributed by atoms with Crippen LogP contribution in [-0.4, -0.2) is 33.4 Å². The lowest BCUT2D eigenvalue weighted by Crippen LogP contribution is -2.47. The number of nitrogens with one attached hydrogen (secondary N) is 1. The summed E-state index contributed by atoms with van der Waals surface area (Å²) in [4.78, 5) is 12.1. The number of rotatable bonds is 5. The lowest BCUT2D eigenvalue weighted by atomic mass is 9.84. The molecule has 108 valence electrons. The predicted molar refractivity (Wildman–Crippen MR) is 73.2 cm³/mol. The van der Waals surface area contributed by atoms with Crippen molar-refractivity contribution < 1.29 is 9.90 Å². The monoisotopic (exact) mass is 268 g/mol. The van der Waals surface area contributed by atoms with Gasteiger partial charge in [-0.1, -0.05) is 20.8 Å². The quantitative estimate of drug-likeness (QED) is 0.717. The van der Waals surface area contributed by atoms with E-state index in [4.69, 9.17) is 10.8 Å². The van der Waals surface area contributed by atoms with Crippen LogP contribution in [0.1, 0.15) is 38.8 Å². The Morgan fingerprint density at radius 3 is 2.63 bits per heavy atom. The summed E-state index contributed by atoms with van der Waals surface area (Å²) in [6.45, 7) is 6.08. The maximum atomic E-state index is 12.1. The SMILES string of the molecule is Cn1cc(C(N)C(=O)NC(CCO)C(C)(C)C)cn1. The number of nitrogens with zero attached hydrogens (tertiary/aromatic N) is 2. The number of amides is 1. The summed E-state index contributed by atoms with van der Waals surface area (Å²) < 4.78 is 1.61. The van der Waals surface area contributed by atoms with Crippen LogP contribution in [-0.2, 0) is 11.8 Å². The van der Waals surface area contributed by atoms with Gasteiger partial charge in [0.25, 0.3) is 0 Å². The maximum absolute atomic E-state index is 12.1. The van der Waals surface area contributed by atoms with Crippen LogP contribution in [0.2, 0.25) is 0 Å². The number of aliphatic hydroxyl groups is 1. The fourth-order valence-electron chi connectivity index (χ4n) is 1.86. The van der Waals surface area contributed by atoms with E-state index in [0.29, 0.717) is 12.0 Å². The second-order valence-corrected chi connectivity index (χ2v) is 5.86. The van der Waals surface area contributed by atoms with Gasteiger partial charge >= 0.3 is 0 Å². The summed E-state index contributed by atoms with van der Waals surface area (Å²) in [7, 11) is 1.78. The highest BCUT2D eigenvalue weighted by molar-refractivity contribution is 5.83. The van der Waals surface area contributed by atoms with Crippen molar-refractivity contribution in [3.63, 3.8) is 0 Å². The van der Waals surface area contributed by atoms with Gasteiger partial charge in [-0.3, -0.25) is 9.48 Å². The van der Waals surface area contributed by atoms with Crippen LogP contribution in [0.3, 0.4) is 0 Å². The zero-order valence-corrected chi connectivity index (χ0v) is 12.1. The number of aryl methyl sites for hydroxylation is 1. The fraction of sp³-hybridized carbons (Fsp3) is 0.692. The molecule has 19 heavy (non-hydrogen) atoms. The van der Waals surface area contributed by atoms with Crippen molar-refractivity contribution in [1.29, 1.82) is 0 Å². The van der Waals surface area contributed by atoms with Gasteiger partial charge in [-0.25, -0.2) is 0 Å². The van der Waals surface area contributed by atoms with E-state index < -0.39 is 6.04 Å². The Labute approximate surface area is 114 Å². The summed E-state index contributed by atoms with van der Waals surface area (Å²) in [6, 6.07) is -0.857. The molecule has 0 aliphatic carbocycles. The van der Waals surface area contributed by atoms with Gasteiger partial charge < -0.3 is 16.2 Å². The smallest absolute Gasteiger partial charge is 0.241 e. The van der Waals surface area contributed by atoms with Crippen molar-refractivity contribution in [2.75, 3.05) is 6.61 Å². The second kappa shape index (κ2) is 6.16. The predicted octanol–water partition coefficient (Wildman–Crippen LogP) is 0.333. The number of aromatic nitrogens is 2. The first-order chi connectivity index (χ1) is 8.75. The van der Waals surface area contributed by atoms with Crippen molar-refractivity contribution in [2.45, 2.75) is 39.3 Å². The third kappa shape index (κ3) is 4.33. The second-order valence-electron chi connectivity index (χ2n) is 5.86. The van der Waals surface area contributed by atoms with E-state index in [9.17, 15) is 4.79 Å². The molecular weight excluding hydrogens is 244 g/mol.